The minimum atomic E-state index is -0.522. The van der Waals surface area contributed by atoms with Crippen LogP contribution in [-0.4, -0.2) is 23.8 Å². The Labute approximate surface area is 166 Å². The van der Waals surface area contributed by atoms with Gasteiger partial charge in [0, 0.05) is 11.9 Å². The van der Waals surface area contributed by atoms with Crippen LogP contribution in [0.5, 0.6) is 0 Å². The van der Waals surface area contributed by atoms with Crippen molar-refractivity contribution in [2.75, 3.05) is 7.05 Å². The monoisotopic (exact) mass is 431 g/mol. The molecule has 1 aromatic heterocycles. The molecule has 0 bridgehead atoms. The molecule has 2 heterocycles. The van der Waals surface area contributed by atoms with Crippen molar-refractivity contribution in [3.63, 3.8) is 0 Å². The van der Waals surface area contributed by atoms with Crippen LogP contribution in [0, 0.1) is 5.41 Å². The Bertz CT molecular complexity index is 889. The molecule has 1 fully saturated rings. The first-order valence-electron chi connectivity index (χ1n) is 8.86. The lowest BCUT2D eigenvalue weighted by molar-refractivity contribution is -0.132. The van der Waals surface area contributed by atoms with E-state index in [2.05, 4.69) is 65.4 Å². The van der Waals surface area contributed by atoms with E-state index in [1.807, 2.05) is 0 Å². The Morgan fingerprint density at radius 2 is 2.04 bits per heavy atom. The number of hydrogen-bond donors (Lipinski definition) is 2. The average Bonchev–Trinajstić information content (AvgIpc) is 3.13. The quantitative estimate of drug-likeness (QED) is 0.731. The van der Waals surface area contributed by atoms with Gasteiger partial charge < -0.3 is 5.32 Å². The van der Waals surface area contributed by atoms with E-state index in [0.717, 1.165) is 22.2 Å². The van der Waals surface area contributed by atoms with Crippen molar-refractivity contribution < 1.29 is 4.79 Å². The van der Waals surface area contributed by atoms with Gasteiger partial charge in [-0.25, -0.2) is 0 Å². The highest BCUT2D eigenvalue weighted by Gasteiger charge is 2.55. The van der Waals surface area contributed by atoms with E-state index >= 15 is 0 Å². The van der Waals surface area contributed by atoms with Gasteiger partial charge in [-0.15, -0.1) is 11.3 Å². The molecule has 1 spiro atoms. The first kappa shape index (κ1) is 17.7. The fraction of sp³-hybridized carbons (Fsp3) is 0.400. The van der Waals surface area contributed by atoms with Crippen molar-refractivity contribution in [2.45, 2.75) is 44.1 Å². The first-order valence-corrected chi connectivity index (χ1v) is 10.5. The second-order valence-corrected chi connectivity index (χ2v) is 9.93. The summed E-state index contributed by atoms with van der Waals surface area (Å²) in [5.41, 5.74) is 3.05. The predicted molar refractivity (Wildman–Crippen MR) is 109 cm³/mol. The van der Waals surface area contributed by atoms with Crippen molar-refractivity contribution in [2.24, 2.45) is 0 Å². The number of likely N-dealkylation sites (N-methyl/N-ethyl adjacent to an activating group) is 1. The lowest BCUT2D eigenvalue weighted by Gasteiger charge is -2.45. The van der Waals surface area contributed by atoms with Crippen LogP contribution >= 0.6 is 27.3 Å². The summed E-state index contributed by atoms with van der Waals surface area (Å²) >= 11 is 5.27. The van der Waals surface area contributed by atoms with Gasteiger partial charge >= 0.3 is 0 Å². The zero-order chi connectivity index (χ0) is 18.6. The number of hydrogen-bond acceptors (Lipinski definition) is 3. The van der Waals surface area contributed by atoms with Gasteiger partial charge in [0.15, 0.2) is 5.96 Å². The molecule has 6 heteroatoms. The maximum Gasteiger partial charge on any atom is 0.239 e. The molecule has 0 unspecified atom stereocenters. The van der Waals surface area contributed by atoms with Gasteiger partial charge in [-0.3, -0.25) is 15.1 Å². The highest BCUT2D eigenvalue weighted by molar-refractivity contribution is 9.11. The molecule has 4 rings (SSSR count). The van der Waals surface area contributed by atoms with Crippen molar-refractivity contribution in [3.8, 4) is 0 Å². The van der Waals surface area contributed by atoms with E-state index in [9.17, 15) is 4.79 Å². The Hall–Kier alpha value is -1.66. The smallest absolute Gasteiger partial charge is 0.239 e. The fourth-order valence-corrected chi connectivity index (χ4v) is 6.08. The lowest BCUT2D eigenvalue weighted by atomic mass is 9.75. The summed E-state index contributed by atoms with van der Waals surface area (Å²) in [5, 5.41) is 11.7. The zero-order valence-corrected chi connectivity index (χ0v) is 17.5. The SMILES string of the molecule is CC(C)c1ccc([C@@H]2C(=O)N(C)C(=N)N[C@@]23CCc2cc(Br)sc23)cc1. The topological polar surface area (TPSA) is 56.2 Å². The molecule has 0 radical (unpaired) electrons. The van der Waals surface area contributed by atoms with Gasteiger partial charge in [0.2, 0.25) is 5.91 Å². The summed E-state index contributed by atoms with van der Waals surface area (Å²) in [6.45, 7) is 4.34. The number of rotatable bonds is 2. The van der Waals surface area contributed by atoms with Crippen LogP contribution in [-0.2, 0) is 16.8 Å². The van der Waals surface area contributed by atoms with E-state index < -0.39 is 5.54 Å². The molecular weight excluding hydrogens is 410 g/mol. The molecule has 1 saturated heterocycles. The number of fused-ring (bicyclic) bond motifs is 2. The van der Waals surface area contributed by atoms with Gasteiger partial charge in [0.1, 0.15) is 0 Å². The van der Waals surface area contributed by atoms with E-state index in [0.29, 0.717) is 5.92 Å². The van der Waals surface area contributed by atoms with Crippen LogP contribution in [0.1, 0.15) is 53.7 Å². The standard InChI is InChI=1S/C20H22BrN3OS/c1-11(2)12-4-6-13(7-5-12)16-18(25)24(3)19(22)23-20(16)9-8-14-10-15(21)26-17(14)20/h4-7,10-11,16H,8-9H2,1-3H3,(H2,22,23)/t16-,20+/m1/s1. The van der Waals surface area contributed by atoms with Gasteiger partial charge in [-0.2, -0.15) is 0 Å². The molecule has 136 valence electrons. The fourth-order valence-electron chi connectivity index (χ4n) is 4.18. The summed E-state index contributed by atoms with van der Waals surface area (Å²) in [5.74, 6) is 0.306. The summed E-state index contributed by atoms with van der Waals surface area (Å²) in [4.78, 5) is 15.9. The lowest BCUT2D eigenvalue weighted by Crippen LogP contribution is -2.62. The normalized spacial score (nSPS) is 25.1. The predicted octanol–water partition coefficient (Wildman–Crippen LogP) is 4.56. The van der Waals surface area contributed by atoms with Crippen molar-refractivity contribution in [3.05, 3.63) is 55.7 Å². The van der Waals surface area contributed by atoms with Crippen LogP contribution in [0.15, 0.2) is 34.1 Å². The largest absolute Gasteiger partial charge is 0.345 e. The highest BCUT2D eigenvalue weighted by Crippen LogP contribution is 2.52. The van der Waals surface area contributed by atoms with Crippen molar-refractivity contribution >= 4 is 39.1 Å². The highest BCUT2D eigenvalue weighted by atomic mass is 79.9. The number of nitrogens with one attached hydrogen (secondary N) is 2. The average molecular weight is 432 g/mol. The van der Waals surface area contributed by atoms with Crippen LogP contribution in [0.2, 0.25) is 0 Å². The van der Waals surface area contributed by atoms with Crippen LogP contribution < -0.4 is 5.32 Å². The maximum atomic E-state index is 13.3. The van der Waals surface area contributed by atoms with Gasteiger partial charge in [-0.05, 0) is 57.4 Å². The number of amides is 1. The van der Waals surface area contributed by atoms with Crippen LogP contribution in [0.25, 0.3) is 0 Å². The van der Waals surface area contributed by atoms with E-state index in [-0.39, 0.29) is 17.8 Å². The van der Waals surface area contributed by atoms with Gasteiger partial charge in [0.25, 0.3) is 0 Å². The van der Waals surface area contributed by atoms with Gasteiger partial charge in [-0.1, -0.05) is 38.1 Å². The molecule has 1 aliphatic carbocycles. The summed E-state index contributed by atoms with van der Waals surface area (Å²) in [6.07, 6.45) is 1.76. The number of carbonyl (C=O) groups is 1. The minimum absolute atomic E-state index is 0.0107. The van der Waals surface area contributed by atoms with Crippen LogP contribution in [0.3, 0.4) is 0 Å². The van der Waals surface area contributed by atoms with Crippen LogP contribution in [0.4, 0.5) is 0 Å². The Balaban J connectivity index is 1.86. The zero-order valence-electron chi connectivity index (χ0n) is 15.1. The Morgan fingerprint density at radius 1 is 1.35 bits per heavy atom. The van der Waals surface area contributed by atoms with Crippen molar-refractivity contribution in [1.82, 2.24) is 10.2 Å². The minimum Gasteiger partial charge on any atom is -0.345 e. The number of nitrogens with zero attached hydrogens (tertiary/aromatic N) is 1. The van der Waals surface area contributed by atoms with E-state index in [1.165, 1.54) is 20.9 Å². The number of aryl methyl sites for hydroxylation is 1. The summed E-state index contributed by atoms with van der Waals surface area (Å²) in [6, 6.07) is 10.6. The molecule has 0 saturated carbocycles. The van der Waals surface area contributed by atoms with E-state index in [4.69, 9.17) is 5.41 Å². The molecule has 26 heavy (non-hydrogen) atoms. The molecular formula is C20H22BrN3OS. The summed E-state index contributed by atoms with van der Waals surface area (Å²) < 4.78 is 1.08. The van der Waals surface area contributed by atoms with E-state index in [1.54, 1.807) is 18.4 Å². The van der Waals surface area contributed by atoms with Gasteiger partial charge in [0.05, 0.1) is 15.2 Å². The molecule has 1 aromatic carbocycles. The molecule has 2 atom stereocenters. The number of carbonyl (C=O) groups excluding carboxylic acids is 1. The molecule has 2 N–H and O–H groups in total. The number of benzene rings is 1. The number of thiophene rings is 1. The second-order valence-electron chi connectivity index (χ2n) is 7.50. The second kappa shape index (κ2) is 6.20. The molecule has 2 aliphatic rings. The first-order chi connectivity index (χ1) is 12.3. The third-order valence-corrected chi connectivity index (χ3v) is 7.51. The maximum absolute atomic E-state index is 13.3. The summed E-state index contributed by atoms with van der Waals surface area (Å²) in [7, 11) is 1.68. The number of guanidine groups is 1. The molecule has 1 amide bonds. The molecule has 4 nitrogen and oxygen atoms in total. The number of halogens is 1. The third kappa shape index (κ3) is 2.54. The molecule has 2 aromatic rings. The Kier molecular flexibility index (Phi) is 4.23. The third-order valence-electron chi connectivity index (χ3n) is 5.66. The molecule has 1 aliphatic heterocycles. The van der Waals surface area contributed by atoms with Crippen molar-refractivity contribution in [1.29, 1.82) is 5.41 Å². The Morgan fingerprint density at radius 3 is 2.69 bits per heavy atom.